The predicted molar refractivity (Wildman–Crippen MR) is 119 cm³/mol. The zero-order valence-electron chi connectivity index (χ0n) is 17.9. The molecule has 3 unspecified atom stereocenters. The molecular weight excluding hydrogens is 440 g/mol. The van der Waals surface area contributed by atoms with Gasteiger partial charge in [-0.2, -0.15) is 0 Å². The third-order valence-corrected chi connectivity index (χ3v) is 8.04. The van der Waals surface area contributed by atoms with Gasteiger partial charge in [0, 0.05) is 36.3 Å². The highest BCUT2D eigenvalue weighted by Gasteiger charge is 2.43. The number of carbonyl (C=O) groups excluding carboxylic acids is 1. The van der Waals surface area contributed by atoms with Crippen LogP contribution in [0.2, 0.25) is 0 Å². The molecule has 0 bridgehead atoms. The minimum atomic E-state index is -1.05. The van der Waals surface area contributed by atoms with E-state index in [0.717, 1.165) is 25.7 Å². The van der Waals surface area contributed by atoms with Crippen molar-refractivity contribution < 1.29 is 29.3 Å². The molecule has 1 aliphatic heterocycles. The van der Waals surface area contributed by atoms with E-state index in [-0.39, 0.29) is 29.3 Å². The van der Waals surface area contributed by atoms with Crippen LogP contribution in [0.1, 0.15) is 50.0 Å². The number of aromatic nitrogens is 1. The van der Waals surface area contributed by atoms with Gasteiger partial charge < -0.3 is 19.7 Å². The summed E-state index contributed by atoms with van der Waals surface area (Å²) in [6, 6.07) is -0.252. The van der Waals surface area contributed by atoms with Gasteiger partial charge in [0.05, 0.1) is 12.1 Å². The van der Waals surface area contributed by atoms with Gasteiger partial charge in [-0.3, -0.25) is 4.90 Å². The van der Waals surface area contributed by atoms with Crippen LogP contribution in [0.4, 0.5) is 4.79 Å². The second kappa shape index (κ2) is 10.8. The van der Waals surface area contributed by atoms with Crippen LogP contribution in [0.5, 0.6) is 0 Å². The summed E-state index contributed by atoms with van der Waals surface area (Å²) in [5.41, 5.74) is -0.100. The van der Waals surface area contributed by atoms with Crippen LogP contribution in [-0.4, -0.2) is 75.9 Å². The molecule has 0 aromatic carbocycles. The lowest BCUT2D eigenvalue weighted by Gasteiger charge is -2.45. The van der Waals surface area contributed by atoms with Gasteiger partial charge in [-0.1, -0.05) is 30.3 Å². The van der Waals surface area contributed by atoms with Crippen LogP contribution < -0.4 is 0 Å². The van der Waals surface area contributed by atoms with Gasteiger partial charge in [0.2, 0.25) is 0 Å². The van der Waals surface area contributed by atoms with Crippen LogP contribution in [0, 0.1) is 5.41 Å². The van der Waals surface area contributed by atoms with Gasteiger partial charge in [0.25, 0.3) is 0 Å². The molecule has 2 heterocycles. The standard InChI is InChI=1S/C21H30N2O6S2/c1-3-28-11-9-21(7-4-8-21)17(24)6-5-16-14(2)29-20(27)23(16)10-12-30-19-22-15(13-31-19)18(25)26/h5-6,13-14,16-17,24H,3-4,7-12H2,1-2H3,(H,25,26). The highest BCUT2D eigenvalue weighted by atomic mass is 32.2. The van der Waals surface area contributed by atoms with Gasteiger partial charge in [0.15, 0.2) is 10.0 Å². The molecule has 3 rings (SSSR count). The Balaban J connectivity index is 1.56. The molecule has 1 amide bonds. The maximum Gasteiger partial charge on any atom is 0.410 e. The number of thiazole rings is 1. The number of cyclic esters (lactones) is 1. The van der Waals surface area contributed by atoms with E-state index in [9.17, 15) is 14.7 Å². The van der Waals surface area contributed by atoms with E-state index in [1.165, 1.54) is 28.5 Å². The first-order chi connectivity index (χ1) is 14.9. The number of amides is 1. The third-order valence-electron chi connectivity index (χ3n) is 6.04. The predicted octanol–water partition coefficient (Wildman–Crippen LogP) is 3.66. The van der Waals surface area contributed by atoms with Gasteiger partial charge in [-0.15, -0.1) is 11.3 Å². The summed E-state index contributed by atoms with van der Waals surface area (Å²) < 4.78 is 11.5. The maximum absolute atomic E-state index is 12.3. The fourth-order valence-electron chi connectivity index (χ4n) is 3.99. The Hall–Kier alpha value is -1.62. The van der Waals surface area contributed by atoms with Crippen LogP contribution >= 0.6 is 23.1 Å². The Morgan fingerprint density at radius 1 is 1.55 bits per heavy atom. The number of carbonyl (C=O) groups is 2. The Bertz CT molecular complexity index is 795. The summed E-state index contributed by atoms with van der Waals surface area (Å²) in [5.74, 6) is -0.478. The molecule has 0 radical (unpaired) electrons. The molecule has 1 saturated heterocycles. The van der Waals surface area contributed by atoms with E-state index < -0.39 is 12.1 Å². The molecule has 0 spiro atoms. The third kappa shape index (κ3) is 5.79. The van der Waals surface area contributed by atoms with Crippen molar-refractivity contribution in [1.29, 1.82) is 0 Å². The number of nitrogens with zero attached hydrogens (tertiary/aromatic N) is 2. The first-order valence-electron chi connectivity index (χ1n) is 10.6. The Labute approximate surface area is 190 Å². The number of aliphatic hydroxyl groups is 1. The number of carboxylic acid groups (broad SMARTS) is 1. The van der Waals surface area contributed by atoms with Crippen LogP contribution in [0.3, 0.4) is 0 Å². The highest BCUT2D eigenvalue weighted by molar-refractivity contribution is 8.01. The number of carboxylic acids is 1. The molecule has 2 N–H and O–H groups in total. The van der Waals surface area contributed by atoms with Gasteiger partial charge in [-0.25, -0.2) is 14.6 Å². The molecule has 1 aromatic heterocycles. The summed E-state index contributed by atoms with van der Waals surface area (Å²) in [6.07, 6.45) is 6.34. The first-order valence-corrected chi connectivity index (χ1v) is 12.5. The van der Waals surface area contributed by atoms with E-state index >= 15 is 0 Å². The number of aromatic carboxylic acids is 1. The highest BCUT2D eigenvalue weighted by Crippen LogP contribution is 2.47. The second-order valence-corrected chi connectivity index (χ2v) is 10.1. The number of aliphatic hydroxyl groups excluding tert-OH is 1. The number of thioether (sulfide) groups is 1. The van der Waals surface area contributed by atoms with Crippen molar-refractivity contribution >= 4 is 35.2 Å². The molecule has 1 aromatic rings. The lowest BCUT2D eigenvalue weighted by molar-refractivity contribution is -0.0327. The topological polar surface area (TPSA) is 109 Å². The minimum absolute atomic E-state index is 0.0331. The molecule has 172 valence electrons. The molecule has 1 aliphatic carbocycles. The van der Waals surface area contributed by atoms with Crippen molar-refractivity contribution in [3.63, 3.8) is 0 Å². The van der Waals surface area contributed by atoms with Crippen molar-refractivity contribution in [2.45, 2.75) is 62.1 Å². The lowest BCUT2D eigenvalue weighted by Crippen LogP contribution is -2.42. The van der Waals surface area contributed by atoms with Gasteiger partial charge in [-0.05, 0) is 33.1 Å². The summed E-state index contributed by atoms with van der Waals surface area (Å²) in [5, 5.41) is 21.3. The lowest BCUT2D eigenvalue weighted by atomic mass is 9.63. The number of hydrogen-bond donors (Lipinski definition) is 2. The largest absolute Gasteiger partial charge is 0.476 e. The van der Waals surface area contributed by atoms with Crippen LogP contribution in [-0.2, 0) is 9.47 Å². The van der Waals surface area contributed by atoms with E-state index in [2.05, 4.69) is 4.98 Å². The molecule has 2 fully saturated rings. The molecule has 8 nitrogen and oxygen atoms in total. The van der Waals surface area contributed by atoms with Crippen molar-refractivity contribution in [1.82, 2.24) is 9.88 Å². The average molecular weight is 471 g/mol. The summed E-state index contributed by atoms with van der Waals surface area (Å²) in [4.78, 5) is 29.0. The first kappa shape index (κ1) is 24.0. The number of hydrogen-bond acceptors (Lipinski definition) is 8. The molecule has 2 aliphatic rings. The Kier molecular flexibility index (Phi) is 8.37. The molecule has 1 saturated carbocycles. The van der Waals surface area contributed by atoms with Gasteiger partial charge in [0.1, 0.15) is 6.10 Å². The summed E-state index contributed by atoms with van der Waals surface area (Å²) >= 11 is 2.69. The summed E-state index contributed by atoms with van der Waals surface area (Å²) in [7, 11) is 0. The zero-order chi connectivity index (χ0) is 22.4. The van der Waals surface area contributed by atoms with E-state index in [1.54, 1.807) is 4.90 Å². The Morgan fingerprint density at radius 2 is 2.32 bits per heavy atom. The van der Waals surface area contributed by atoms with E-state index in [4.69, 9.17) is 14.6 Å². The second-order valence-electron chi connectivity index (χ2n) is 7.92. The number of rotatable bonds is 12. The fourth-order valence-corrected chi connectivity index (χ4v) is 5.80. The zero-order valence-corrected chi connectivity index (χ0v) is 19.5. The monoisotopic (exact) mass is 470 g/mol. The SMILES string of the molecule is CCOCCC1(C(O)C=CC2C(C)OC(=O)N2CCSc2nc(C(=O)O)cs2)CCC1. The van der Waals surface area contributed by atoms with Crippen molar-refractivity contribution in [3.8, 4) is 0 Å². The van der Waals surface area contributed by atoms with Crippen LogP contribution in [0.25, 0.3) is 0 Å². The molecule has 3 atom stereocenters. The maximum atomic E-state index is 12.3. The van der Waals surface area contributed by atoms with Crippen molar-refractivity contribution in [3.05, 3.63) is 23.2 Å². The van der Waals surface area contributed by atoms with E-state index in [0.29, 0.717) is 29.9 Å². The number of ether oxygens (including phenoxy) is 2. The summed E-state index contributed by atoms with van der Waals surface area (Å²) in [6.45, 7) is 5.57. The van der Waals surface area contributed by atoms with Crippen LogP contribution in [0.15, 0.2) is 21.9 Å². The molecular formula is C21H30N2O6S2. The fraction of sp³-hybridized carbons (Fsp3) is 0.667. The van der Waals surface area contributed by atoms with Crippen molar-refractivity contribution in [2.75, 3.05) is 25.5 Å². The normalized spacial score (nSPS) is 23.7. The van der Waals surface area contributed by atoms with E-state index in [1.807, 2.05) is 26.0 Å². The van der Waals surface area contributed by atoms with Crippen molar-refractivity contribution in [2.24, 2.45) is 5.41 Å². The smallest absolute Gasteiger partial charge is 0.410 e. The minimum Gasteiger partial charge on any atom is -0.476 e. The quantitative estimate of drug-likeness (QED) is 0.271. The average Bonchev–Trinajstić information content (AvgIpc) is 3.27. The molecule has 31 heavy (non-hydrogen) atoms. The Morgan fingerprint density at radius 3 is 2.94 bits per heavy atom. The molecule has 10 heteroatoms. The van der Waals surface area contributed by atoms with Gasteiger partial charge >= 0.3 is 12.1 Å².